The van der Waals surface area contributed by atoms with Crippen LogP contribution in [0.3, 0.4) is 0 Å². The van der Waals surface area contributed by atoms with Gasteiger partial charge in [0, 0.05) is 31.7 Å². The maximum absolute atomic E-state index is 13.3. The van der Waals surface area contributed by atoms with Crippen molar-refractivity contribution in [2.24, 2.45) is 0 Å². The molecule has 0 radical (unpaired) electrons. The van der Waals surface area contributed by atoms with Crippen molar-refractivity contribution in [3.05, 3.63) is 59.4 Å². The molecule has 1 saturated heterocycles. The van der Waals surface area contributed by atoms with Crippen LogP contribution in [0.1, 0.15) is 20.7 Å². The first-order chi connectivity index (χ1) is 13.0. The zero-order valence-electron chi connectivity index (χ0n) is 15.3. The van der Waals surface area contributed by atoms with E-state index in [1.165, 1.54) is 32.4 Å². The Bertz CT molecular complexity index is 848. The summed E-state index contributed by atoms with van der Waals surface area (Å²) < 4.78 is 23.8. The Labute approximate surface area is 157 Å². The first kappa shape index (κ1) is 18.7. The predicted molar refractivity (Wildman–Crippen MR) is 97.8 cm³/mol. The van der Waals surface area contributed by atoms with E-state index in [1.54, 1.807) is 34.1 Å². The molecule has 3 rings (SSSR count). The van der Waals surface area contributed by atoms with Crippen LogP contribution in [0.5, 0.6) is 11.5 Å². The summed E-state index contributed by atoms with van der Waals surface area (Å²) in [6.45, 7) is 1.54. The first-order valence-electron chi connectivity index (χ1n) is 8.59. The summed E-state index contributed by atoms with van der Waals surface area (Å²) in [7, 11) is 3.04. The van der Waals surface area contributed by atoms with Crippen molar-refractivity contribution in [3.8, 4) is 11.5 Å². The van der Waals surface area contributed by atoms with Crippen LogP contribution < -0.4 is 9.47 Å². The molecule has 6 nitrogen and oxygen atoms in total. The maximum atomic E-state index is 13.3. The van der Waals surface area contributed by atoms with Gasteiger partial charge in [-0.25, -0.2) is 4.39 Å². The van der Waals surface area contributed by atoms with E-state index in [1.807, 2.05) is 0 Å². The number of halogens is 1. The zero-order chi connectivity index (χ0) is 19.4. The number of nitrogens with zero attached hydrogens (tertiary/aromatic N) is 2. The summed E-state index contributed by atoms with van der Waals surface area (Å²) in [5.74, 6) is 0.182. The molecule has 27 heavy (non-hydrogen) atoms. The van der Waals surface area contributed by atoms with Crippen LogP contribution in [0.2, 0.25) is 0 Å². The zero-order valence-corrected chi connectivity index (χ0v) is 15.3. The fourth-order valence-electron chi connectivity index (χ4n) is 3.07. The lowest BCUT2D eigenvalue weighted by Crippen LogP contribution is -2.50. The van der Waals surface area contributed by atoms with E-state index in [2.05, 4.69) is 0 Å². The van der Waals surface area contributed by atoms with Gasteiger partial charge in [-0.3, -0.25) is 9.59 Å². The molecule has 0 spiro atoms. The Hall–Kier alpha value is -3.09. The molecular formula is C20H21FN2O4. The number of hydrogen-bond donors (Lipinski definition) is 0. The molecule has 1 heterocycles. The van der Waals surface area contributed by atoms with Crippen LogP contribution in [0.4, 0.5) is 4.39 Å². The quantitative estimate of drug-likeness (QED) is 0.827. The van der Waals surface area contributed by atoms with Gasteiger partial charge in [0.05, 0.1) is 19.8 Å². The van der Waals surface area contributed by atoms with Gasteiger partial charge in [0.15, 0.2) is 0 Å². The number of hydrogen-bond acceptors (Lipinski definition) is 4. The number of methoxy groups -OCH3 is 2. The minimum Gasteiger partial charge on any atom is -0.497 e. The van der Waals surface area contributed by atoms with E-state index in [4.69, 9.17) is 9.47 Å². The van der Waals surface area contributed by atoms with Gasteiger partial charge in [-0.1, -0.05) is 6.07 Å². The molecule has 2 aromatic rings. The third-order valence-electron chi connectivity index (χ3n) is 4.56. The van der Waals surface area contributed by atoms with Gasteiger partial charge >= 0.3 is 0 Å². The average molecular weight is 372 g/mol. The van der Waals surface area contributed by atoms with Gasteiger partial charge in [-0.2, -0.15) is 0 Å². The third kappa shape index (κ3) is 4.02. The molecule has 1 fully saturated rings. The lowest BCUT2D eigenvalue weighted by molar-refractivity contribution is 0.0533. The molecule has 2 amide bonds. The fourth-order valence-corrected chi connectivity index (χ4v) is 3.07. The molecule has 0 unspecified atom stereocenters. The van der Waals surface area contributed by atoms with Crippen LogP contribution in [0.25, 0.3) is 0 Å². The highest BCUT2D eigenvalue weighted by atomic mass is 19.1. The van der Waals surface area contributed by atoms with E-state index in [9.17, 15) is 14.0 Å². The number of ether oxygens (including phenoxy) is 2. The summed E-state index contributed by atoms with van der Waals surface area (Å²) in [5.41, 5.74) is 0.728. The SMILES string of the molecule is COc1ccc(OC)c(C(=O)N2CCN(C(=O)c3cccc(F)c3)CC2)c1. The van der Waals surface area contributed by atoms with Crippen molar-refractivity contribution in [3.63, 3.8) is 0 Å². The van der Waals surface area contributed by atoms with Crippen LogP contribution in [0, 0.1) is 5.82 Å². The summed E-state index contributed by atoms with van der Waals surface area (Å²) in [5, 5.41) is 0. The molecule has 0 aliphatic carbocycles. The molecule has 0 bridgehead atoms. The second-order valence-corrected chi connectivity index (χ2v) is 6.16. The van der Waals surface area contributed by atoms with Crippen molar-refractivity contribution < 1.29 is 23.5 Å². The Morgan fingerprint density at radius 2 is 1.56 bits per heavy atom. The normalized spacial score (nSPS) is 14.0. The molecule has 1 aliphatic heterocycles. The lowest BCUT2D eigenvalue weighted by atomic mass is 10.1. The van der Waals surface area contributed by atoms with Gasteiger partial charge < -0.3 is 19.3 Å². The summed E-state index contributed by atoms with van der Waals surface area (Å²) in [6.07, 6.45) is 0. The van der Waals surface area contributed by atoms with Gasteiger partial charge in [0.1, 0.15) is 17.3 Å². The lowest BCUT2D eigenvalue weighted by Gasteiger charge is -2.35. The van der Waals surface area contributed by atoms with E-state index in [-0.39, 0.29) is 11.8 Å². The average Bonchev–Trinajstić information content (AvgIpc) is 2.72. The van der Waals surface area contributed by atoms with Crippen molar-refractivity contribution in [2.75, 3.05) is 40.4 Å². The van der Waals surface area contributed by atoms with Crippen molar-refractivity contribution >= 4 is 11.8 Å². The Kier molecular flexibility index (Phi) is 5.59. The topological polar surface area (TPSA) is 59.1 Å². The van der Waals surface area contributed by atoms with Crippen molar-refractivity contribution in [1.82, 2.24) is 9.80 Å². The van der Waals surface area contributed by atoms with Crippen LogP contribution in [0.15, 0.2) is 42.5 Å². The van der Waals surface area contributed by atoms with Crippen LogP contribution in [-0.2, 0) is 0 Å². The molecule has 0 atom stereocenters. The van der Waals surface area contributed by atoms with E-state index < -0.39 is 5.82 Å². The molecule has 2 aromatic carbocycles. The molecule has 0 aromatic heterocycles. The number of piperazine rings is 1. The Morgan fingerprint density at radius 1 is 0.889 bits per heavy atom. The summed E-state index contributed by atoms with van der Waals surface area (Å²) in [4.78, 5) is 28.7. The van der Waals surface area contributed by atoms with Gasteiger partial charge in [0.25, 0.3) is 11.8 Å². The first-order valence-corrected chi connectivity index (χ1v) is 8.59. The van der Waals surface area contributed by atoms with Crippen molar-refractivity contribution in [2.45, 2.75) is 0 Å². The smallest absolute Gasteiger partial charge is 0.257 e. The largest absolute Gasteiger partial charge is 0.497 e. The van der Waals surface area contributed by atoms with Gasteiger partial charge in [0.2, 0.25) is 0 Å². The highest BCUT2D eigenvalue weighted by molar-refractivity contribution is 5.98. The monoisotopic (exact) mass is 372 g/mol. The van der Waals surface area contributed by atoms with E-state index in [0.717, 1.165) is 0 Å². The number of benzene rings is 2. The third-order valence-corrected chi connectivity index (χ3v) is 4.56. The van der Waals surface area contributed by atoms with E-state index >= 15 is 0 Å². The number of amides is 2. The highest BCUT2D eigenvalue weighted by Crippen LogP contribution is 2.26. The Balaban J connectivity index is 1.69. The molecule has 7 heteroatoms. The number of carbonyl (C=O) groups excluding carboxylic acids is 2. The second kappa shape index (κ2) is 8.07. The standard InChI is InChI=1S/C20H21FN2O4/c1-26-16-6-7-18(27-2)17(13-16)20(25)23-10-8-22(9-11-23)19(24)14-4-3-5-15(21)12-14/h3-7,12-13H,8-11H2,1-2H3. The Morgan fingerprint density at radius 3 is 2.15 bits per heavy atom. The fraction of sp³-hybridized carbons (Fsp3) is 0.300. The minimum atomic E-state index is -0.445. The maximum Gasteiger partial charge on any atom is 0.257 e. The molecule has 1 aliphatic rings. The van der Waals surface area contributed by atoms with Crippen LogP contribution in [-0.4, -0.2) is 62.0 Å². The highest BCUT2D eigenvalue weighted by Gasteiger charge is 2.27. The molecule has 142 valence electrons. The van der Waals surface area contributed by atoms with E-state index in [0.29, 0.717) is 48.8 Å². The number of carbonyl (C=O) groups is 2. The summed E-state index contributed by atoms with van der Waals surface area (Å²) >= 11 is 0. The molecular weight excluding hydrogens is 351 g/mol. The summed E-state index contributed by atoms with van der Waals surface area (Å²) in [6, 6.07) is 10.7. The minimum absolute atomic E-state index is 0.177. The van der Waals surface area contributed by atoms with Crippen molar-refractivity contribution in [1.29, 1.82) is 0 Å². The molecule has 0 N–H and O–H groups in total. The van der Waals surface area contributed by atoms with Gasteiger partial charge in [-0.15, -0.1) is 0 Å². The van der Waals surface area contributed by atoms with Gasteiger partial charge in [-0.05, 0) is 36.4 Å². The number of rotatable bonds is 4. The van der Waals surface area contributed by atoms with Crippen LogP contribution >= 0.6 is 0 Å². The predicted octanol–water partition coefficient (Wildman–Crippen LogP) is 2.44. The second-order valence-electron chi connectivity index (χ2n) is 6.16. The molecule has 0 saturated carbocycles.